The third kappa shape index (κ3) is 9.95. The highest BCUT2D eigenvalue weighted by Crippen LogP contribution is 1.99. The van der Waals surface area contributed by atoms with Crippen molar-refractivity contribution in [2.45, 2.75) is 45.6 Å². The summed E-state index contributed by atoms with van der Waals surface area (Å²) in [6.07, 6.45) is 6.58. The number of hydrogen-bond donors (Lipinski definition) is 3. The van der Waals surface area contributed by atoms with Crippen molar-refractivity contribution < 1.29 is 0 Å². The van der Waals surface area contributed by atoms with Gasteiger partial charge in [0.15, 0.2) is 9.54 Å². The molecule has 0 spiro atoms. The Kier molecular flexibility index (Phi) is 9.27. The van der Waals surface area contributed by atoms with Crippen LogP contribution in [-0.2, 0) is 0 Å². The quantitative estimate of drug-likeness (QED) is 0.574. The summed E-state index contributed by atoms with van der Waals surface area (Å²) in [4.78, 5) is 8.96. The maximum absolute atomic E-state index is 5.53. The van der Waals surface area contributed by atoms with Crippen LogP contribution in [0.2, 0.25) is 0 Å². The van der Waals surface area contributed by atoms with Crippen LogP contribution in [0.15, 0.2) is 6.33 Å². The first-order valence-corrected chi connectivity index (χ1v) is 6.27. The SMILES string of the molecule is CCCCCC(C)N.S=c1nc[nH]c(=S)[nH]1. The third-order valence-corrected chi connectivity index (χ3v) is 2.29. The summed E-state index contributed by atoms with van der Waals surface area (Å²) in [5.41, 5.74) is 5.53. The first-order valence-electron chi connectivity index (χ1n) is 5.45. The van der Waals surface area contributed by atoms with Crippen LogP contribution in [0.1, 0.15) is 39.5 Å². The minimum absolute atomic E-state index is 0.404. The predicted molar refractivity (Wildman–Crippen MR) is 72.4 cm³/mol. The molecule has 92 valence electrons. The van der Waals surface area contributed by atoms with Crippen LogP contribution in [0.3, 0.4) is 0 Å². The van der Waals surface area contributed by atoms with Gasteiger partial charge in [0.1, 0.15) is 0 Å². The van der Waals surface area contributed by atoms with Gasteiger partial charge in [0.25, 0.3) is 0 Å². The standard InChI is InChI=1S/C7H17N.C3H3N3S2/c1-3-4-5-6-7(2)8;7-2-4-1-5-3(8)6-2/h7H,3-6,8H2,1-2H3;1H,(H2,4,5,6,7,8). The van der Waals surface area contributed by atoms with Gasteiger partial charge in [0, 0.05) is 6.04 Å². The van der Waals surface area contributed by atoms with Gasteiger partial charge in [-0.1, -0.05) is 26.2 Å². The Hall–Kier alpha value is -0.590. The largest absolute Gasteiger partial charge is 0.328 e. The van der Waals surface area contributed by atoms with Gasteiger partial charge in [-0.25, -0.2) is 4.98 Å². The zero-order chi connectivity index (χ0) is 12.4. The molecule has 0 radical (unpaired) electrons. The van der Waals surface area contributed by atoms with Crippen LogP contribution in [0.25, 0.3) is 0 Å². The molecule has 0 aliphatic rings. The zero-order valence-electron chi connectivity index (χ0n) is 9.82. The van der Waals surface area contributed by atoms with Crippen molar-refractivity contribution in [3.63, 3.8) is 0 Å². The summed E-state index contributed by atoms with van der Waals surface area (Å²) < 4.78 is 0.916. The van der Waals surface area contributed by atoms with E-state index in [4.69, 9.17) is 5.73 Å². The number of nitrogens with one attached hydrogen (secondary N) is 2. The minimum Gasteiger partial charge on any atom is -0.328 e. The predicted octanol–water partition coefficient (Wildman–Crippen LogP) is 3.11. The fraction of sp³-hybridized carbons (Fsp3) is 0.700. The molecule has 0 aromatic carbocycles. The van der Waals surface area contributed by atoms with E-state index in [2.05, 4.69) is 53.2 Å². The van der Waals surface area contributed by atoms with Crippen LogP contribution in [0.5, 0.6) is 0 Å². The molecule has 0 fully saturated rings. The maximum atomic E-state index is 5.53. The van der Waals surface area contributed by atoms with Gasteiger partial charge in [-0.05, 0) is 37.8 Å². The minimum atomic E-state index is 0.404. The Morgan fingerprint density at radius 1 is 1.44 bits per heavy atom. The molecule has 1 unspecified atom stereocenters. The molecule has 1 rings (SSSR count). The smallest absolute Gasteiger partial charge is 0.200 e. The molecule has 1 aromatic heterocycles. The van der Waals surface area contributed by atoms with Crippen molar-refractivity contribution >= 4 is 24.4 Å². The number of H-pyrrole nitrogens is 2. The van der Waals surface area contributed by atoms with E-state index in [1.807, 2.05) is 0 Å². The fourth-order valence-electron chi connectivity index (χ4n) is 1.03. The van der Waals surface area contributed by atoms with E-state index in [1.165, 1.54) is 32.0 Å². The normalized spacial score (nSPS) is 11.4. The molecule has 16 heavy (non-hydrogen) atoms. The lowest BCUT2D eigenvalue weighted by Gasteiger charge is -2.01. The van der Waals surface area contributed by atoms with Gasteiger partial charge in [-0.2, -0.15) is 0 Å². The van der Waals surface area contributed by atoms with Crippen molar-refractivity contribution in [2.75, 3.05) is 0 Å². The average molecular weight is 260 g/mol. The first-order chi connectivity index (χ1) is 7.56. The second kappa shape index (κ2) is 9.62. The molecule has 1 aromatic rings. The topological polar surface area (TPSA) is 70.5 Å². The summed E-state index contributed by atoms with van der Waals surface area (Å²) in [6, 6.07) is 0.404. The lowest BCUT2D eigenvalue weighted by atomic mass is 10.1. The Balaban J connectivity index is 0.000000281. The molecule has 0 amide bonds. The summed E-state index contributed by atoms with van der Waals surface area (Å²) in [5, 5.41) is 0. The van der Waals surface area contributed by atoms with E-state index in [-0.39, 0.29) is 0 Å². The van der Waals surface area contributed by atoms with Crippen LogP contribution in [0.4, 0.5) is 0 Å². The van der Waals surface area contributed by atoms with Crippen LogP contribution < -0.4 is 5.73 Å². The highest BCUT2D eigenvalue weighted by Gasteiger charge is 1.90. The number of rotatable bonds is 4. The highest BCUT2D eigenvalue weighted by atomic mass is 32.1. The molecule has 4 N–H and O–H groups in total. The number of unbranched alkanes of at least 4 members (excludes halogenated alkanes) is 2. The van der Waals surface area contributed by atoms with Crippen LogP contribution in [-0.4, -0.2) is 21.0 Å². The van der Waals surface area contributed by atoms with E-state index in [0.29, 0.717) is 15.6 Å². The first kappa shape index (κ1) is 15.4. The summed E-state index contributed by atoms with van der Waals surface area (Å²) in [7, 11) is 0. The lowest BCUT2D eigenvalue weighted by molar-refractivity contribution is 0.592. The Bertz CT molecular complexity index is 344. The van der Waals surface area contributed by atoms with E-state index in [9.17, 15) is 0 Å². The van der Waals surface area contributed by atoms with Gasteiger partial charge in [0.05, 0.1) is 6.33 Å². The Morgan fingerprint density at radius 2 is 2.12 bits per heavy atom. The van der Waals surface area contributed by atoms with E-state index >= 15 is 0 Å². The maximum Gasteiger partial charge on any atom is 0.200 e. The highest BCUT2D eigenvalue weighted by molar-refractivity contribution is 7.71. The molecule has 1 atom stereocenters. The number of nitrogens with zero attached hydrogens (tertiary/aromatic N) is 1. The number of aromatic nitrogens is 3. The second-order valence-electron chi connectivity index (χ2n) is 3.63. The van der Waals surface area contributed by atoms with Crippen molar-refractivity contribution in [1.82, 2.24) is 15.0 Å². The van der Waals surface area contributed by atoms with Gasteiger partial charge in [-0.3, -0.25) is 0 Å². The summed E-state index contributed by atoms with van der Waals surface area (Å²) in [5.74, 6) is 0. The number of nitrogens with two attached hydrogens (primary N) is 1. The van der Waals surface area contributed by atoms with E-state index < -0.39 is 0 Å². The Labute approximate surface area is 107 Å². The molecule has 0 bridgehead atoms. The second-order valence-corrected chi connectivity index (χ2v) is 4.43. The van der Waals surface area contributed by atoms with Gasteiger partial charge in [0.2, 0.25) is 0 Å². The molecular weight excluding hydrogens is 240 g/mol. The molecule has 0 saturated carbocycles. The van der Waals surface area contributed by atoms with E-state index in [0.717, 1.165) is 0 Å². The van der Waals surface area contributed by atoms with Gasteiger partial charge in [-0.15, -0.1) is 0 Å². The van der Waals surface area contributed by atoms with Crippen molar-refractivity contribution in [3.8, 4) is 0 Å². The summed E-state index contributed by atoms with van der Waals surface area (Å²) in [6.45, 7) is 4.27. The molecular formula is C10H20N4S2. The van der Waals surface area contributed by atoms with E-state index in [1.54, 1.807) is 0 Å². The van der Waals surface area contributed by atoms with Crippen LogP contribution in [0, 0.1) is 9.54 Å². The van der Waals surface area contributed by atoms with Crippen molar-refractivity contribution in [3.05, 3.63) is 15.9 Å². The summed E-state index contributed by atoms with van der Waals surface area (Å²) >= 11 is 9.33. The van der Waals surface area contributed by atoms with Gasteiger partial charge >= 0.3 is 0 Å². The zero-order valence-corrected chi connectivity index (χ0v) is 11.5. The monoisotopic (exact) mass is 260 g/mol. The third-order valence-electron chi connectivity index (χ3n) is 1.86. The van der Waals surface area contributed by atoms with Crippen molar-refractivity contribution in [1.29, 1.82) is 0 Å². The van der Waals surface area contributed by atoms with Crippen LogP contribution >= 0.6 is 24.4 Å². The van der Waals surface area contributed by atoms with Gasteiger partial charge < -0.3 is 15.7 Å². The number of hydrogen-bond acceptors (Lipinski definition) is 4. The lowest BCUT2D eigenvalue weighted by Crippen LogP contribution is -2.13. The molecule has 0 saturated heterocycles. The molecule has 1 heterocycles. The average Bonchev–Trinajstić information content (AvgIpc) is 2.18. The molecule has 0 aliphatic carbocycles. The Morgan fingerprint density at radius 3 is 2.50 bits per heavy atom. The molecule has 4 nitrogen and oxygen atoms in total. The van der Waals surface area contributed by atoms with Crippen molar-refractivity contribution in [2.24, 2.45) is 5.73 Å². The molecule has 0 aliphatic heterocycles. The molecule has 6 heteroatoms. The fourth-order valence-corrected chi connectivity index (χ4v) is 1.40. The number of aromatic amines is 2.